The van der Waals surface area contributed by atoms with Crippen LogP contribution in [0.15, 0.2) is 14.5 Å². The van der Waals surface area contributed by atoms with Crippen molar-refractivity contribution in [2.24, 2.45) is 0 Å². The van der Waals surface area contributed by atoms with Crippen LogP contribution in [-0.4, -0.2) is 24.9 Å². The van der Waals surface area contributed by atoms with Gasteiger partial charge in [0.1, 0.15) is 0 Å². The van der Waals surface area contributed by atoms with Crippen LogP contribution in [0, 0.1) is 0 Å². The fraction of sp³-hybridized carbons (Fsp3) is 0.714. The van der Waals surface area contributed by atoms with E-state index in [1.165, 1.54) is 11.8 Å². The Morgan fingerprint density at radius 3 is 2.82 bits per heavy atom. The van der Waals surface area contributed by atoms with Gasteiger partial charge in [-0.3, -0.25) is 4.57 Å². The van der Waals surface area contributed by atoms with E-state index in [-0.39, 0.29) is 10.9 Å². The van der Waals surface area contributed by atoms with E-state index in [1.807, 2.05) is 6.92 Å². The lowest BCUT2D eigenvalue weighted by atomic mass is 10.2. The van der Waals surface area contributed by atoms with Gasteiger partial charge in [-0.1, -0.05) is 43.6 Å². The Morgan fingerprint density at radius 1 is 1.32 bits per heavy atom. The third kappa shape index (κ3) is 4.22. The molecule has 0 bridgehead atoms. The van der Waals surface area contributed by atoms with Crippen LogP contribution in [0.2, 0.25) is 0 Å². The standard InChI is InChI=1S/C14H23N5O2S/c1-4-6-8-11-15-12(21-18-11)10(3)22-14-17-16-13(20)19(14)9-7-5-2/h10H,4-9H2,1-3H3,(H,16,20). The van der Waals surface area contributed by atoms with E-state index in [2.05, 4.69) is 34.2 Å². The molecule has 0 saturated heterocycles. The first-order chi connectivity index (χ1) is 10.7. The molecule has 0 amide bonds. The Bertz CT molecular complexity index is 633. The number of aryl methyl sites for hydroxylation is 1. The molecule has 0 aromatic carbocycles. The molecular formula is C14H23N5O2S. The second kappa shape index (κ2) is 8.17. The summed E-state index contributed by atoms with van der Waals surface area (Å²) in [5.74, 6) is 1.32. The Morgan fingerprint density at radius 2 is 2.09 bits per heavy atom. The molecule has 0 radical (unpaired) electrons. The molecule has 0 aliphatic carbocycles. The number of nitrogens with zero attached hydrogens (tertiary/aromatic N) is 4. The Labute approximate surface area is 133 Å². The second-order valence-electron chi connectivity index (χ2n) is 5.23. The van der Waals surface area contributed by atoms with Crippen LogP contribution in [0.5, 0.6) is 0 Å². The highest BCUT2D eigenvalue weighted by Gasteiger charge is 2.19. The summed E-state index contributed by atoms with van der Waals surface area (Å²) in [6.07, 6.45) is 4.97. The van der Waals surface area contributed by atoms with Gasteiger partial charge in [0.25, 0.3) is 0 Å². The minimum absolute atomic E-state index is 0.0431. The number of rotatable bonds is 9. The maximum Gasteiger partial charge on any atom is 0.343 e. The van der Waals surface area contributed by atoms with Crippen LogP contribution in [0.4, 0.5) is 0 Å². The van der Waals surface area contributed by atoms with Crippen LogP contribution in [-0.2, 0) is 13.0 Å². The molecule has 2 aromatic rings. The van der Waals surface area contributed by atoms with Crippen LogP contribution in [0.3, 0.4) is 0 Å². The van der Waals surface area contributed by atoms with Crippen molar-refractivity contribution < 1.29 is 4.52 Å². The van der Waals surface area contributed by atoms with Gasteiger partial charge >= 0.3 is 5.69 Å². The normalized spacial score (nSPS) is 12.7. The first-order valence-corrected chi connectivity index (χ1v) is 8.68. The molecule has 2 aromatic heterocycles. The Balaban J connectivity index is 2.03. The van der Waals surface area contributed by atoms with E-state index in [0.717, 1.165) is 37.9 Å². The number of H-pyrrole nitrogens is 1. The summed E-state index contributed by atoms with van der Waals surface area (Å²) in [5.41, 5.74) is -0.169. The predicted molar refractivity (Wildman–Crippen MR) is 84.9 cm³/mol. The third-order valence-electron chi connectivity index (χ3n) is 3.33. The lowest BCUT2D eigenvalue weighted by Crippen LogP contribution is -2.17. The quantitative estimate of drug-likeness (QED) is 0.713. The molecule has 22 heavy (non-hydrogen) atoms. The number of hydrogen-bond donors (Lipinski definition) is 1. The molecule has 1 unspecified atom stereocenters. The lowest BCUT2D eigenvalue weighted by Gasteiger charge is -2.07. The first-order valence-electron chi connectivity index (χ1n) is 7.80. The molecule has 2 rings (SSSR count). The van der Waals surface area contributed by atoms with Crippen LogP contribution in [0.25, 0.3) is 0 Å². The highest BCUT2D eigenvalue weighted by Crippen LogP contribution is 2.32. The van der Waals surface area contributed by atoms with Crippen molar-refractivity contribution in [3.05, 3.63) is 22.2 Å². The SMILES string of the molecule is CCCCc1noc(C(C)Sc2n[nH]c(=O)n2CCCC)n1. The molecule has 0 saturated carbocycles. The first kappa shape index (κ1) is 16.8. The zero-order chi connectivity index (χ0) is 15.9. The van der Waals surface area contributed by atoms with Crippen molar-refractivity contribution in [1.29, 1.82) is 0 Å². The minimum Gasteiger partial charge on any atom is -0.338 e. The maximum atomic E-state index is 11.8. The average Bonchev–Trinajstić information content (AvgIpc) is 3.11. The number of aromatic amines is 1. The van der Waals surface area contributed by atoms with E-state index >= 15 is 0 Å². The largest absolute Gasteiger partial charge is 0.343 e. The molecule has 0 aliphatic heterocycles. The summed E-state index contributed by atoms with van der Waals surface area (Å²) in [5, 5.41) is 11.2. The van der Waals surface area contributed by atoms with Gasteiger partial charge in [-0.05, 0) is 19.8 Å². The van der Waals surface area contributed by atoms with Crippen LogP contribution < -0.4 is 5.69 Å². The van der Waals surface area contributed by atoms with Gasteiger partial charge in [-0.15, -0.1) is 5.10 Å². The zero-order valence-electron chi connectivity index (χ0n) is 13.3. The van der Waals surface area contributed by atoms with Crippen molar-refractivity contribution in [1.82, 2.24) is 24.9 Å². The van der Waals surface area contributed by atoms with Crippen molar-refractivity contribution in [2.75, 3.05) is 0 Å². The summed E-state index contributed by atoms with van der Waals surface area (Å²) >= 11 is 1.46. The molecule has 8 heteroatoms. The van der Waals surface area contributed by atoms with Gasteiger partial charge in [-0.25, -0.2) is 9.89 Å². The van der Waals surface area contributed by atoms with Gasteiger partial charge in [0.05, 0.1) is 5.25 Å². The van der Waals surface area contributed by atoms with Crippen LogP contribution in [0.1, 0.15) is 63.4 Å². The average molecular weight is 325 g/mol. The van der Waals surface area contributed by atoms with Gasteiger partial charge < -0.3 is 4.52 Å². The fourth-order valence-electron chi connectivity index (χ4n) is 1.98. The highest BCUT2D eigenvalue weighted by atomic mass is 32.2. The van der Waals surface area contributed by atoms with Crippen molar-refractivity contribution in [2.45, 2.75) is 69.8 Å². The second-order valence-corrected chi connectivity index (χ2v) is 6.54. The molecule has 7 nitrogen and oxygen atoms in total. The number of aromatic nitrogens is 5. The summed E-state index contributed by atoms with van der Waals surface area (Å²) < 4.78 is 6.98. The number of nitrogens with one attached hydrogen (secondary N) is 1. The lowest BCUT2D eigenvalue weighted by molar-refractivity contribution is 0.374. The van der Waals surface area contributed by atoms with E-state index in [1.54, 1.807) is 4.57 Å². The predicted octanol–water partition coefficient (Wildman–Crippen LogP) is 2.95. The summed E-state index contributed by atoms with van der Waals surface area (Å²) in [6.45, 7) is 6.88. The van der Waals surface area contributed by atoms with Gasteiger partial charge in [0, 0.05) is 13.0 Å². The minimum atomic E-state index is -0.169. The van der Waals surface area contributed by atoms with Crippen molar-refractivity contribution in [3.63, 3.8) is 0 Å². The smallest absolute Gasteiger partial charge is 0.338 e. The molecule has 1 N–H and O–H groups in total. The molecule has 122 valence electrons. The topological polar surface area (TPSA) is 89.6 Å². The molecule has 2 heterocycles. The monoisotopic (exact) mass is 325 g/mol. The molecule has 0 fully saturated rings. The highest BCUT2D eigenvalue weighted by molar-refractivity contribution is 7.99. The van der Waals surface area contributed by atoms with E-state index in [0.29, 0.717) is 17.6 Å². The van der Waals surface area contributed by atoms with Gasteiger partial charge in [0.15, 0.2) is 11.0 Å². The Hall–Kier alpha value is -1.57. The number of unbranched alkanes of at least 4 members (excludes halogenated alkanes) is 2. The summed E-state index contributed by atoms with van der Waals surface area (Å²) in [4.78, 5) is 16.2. The summed E-state index contributed by atoms with van der Waals surface area (Å²) in [7, 11) is 0. The maximum absolute atomic E-state index is 11.8. The van der Waals surface area contributed by atoms with Gasteiger partial charge in [0.2, 0.25) is 5.89 Å². The number of thioether (sulfide) groups is 1. The zero-order valence-corrected chi connectivity index (χ0v) is 14.2. The Kier molecular flexibility index (Phi) is 6.23. The molecule has 1 atom stereocenters. The van der Waals surface area contributed by atoms with E-state index < -0.39 is 0 Å². The van der Waals surface area contributed by atoms with Crippen LogP contribution >= 0.6 is 11.8 Å². The third-order valence-corrected chi connectivity index (χ3v) is 4.40. The molecule has 0 spiro atoms. The van der Waals surface area contributed by atoms with Crippen molar-refractivity contribution >= 4 is 11.8 Å². The summed E-state index contributed by atoms with van der Waals surface area (Å²) in [6, 6.07) is 0. The van der Waals surface area contributed by atoms with E-state index in [4.69, 9.17) is 4.52 Å². The number of hydrogen-bond acceptors (Lipinski definition) is 6. The van der Waals surface area contributed by atoms with E-state index in [9.17, 15) is 4.79 Å². The van der Waals surface area contributed by atoms with Crippen molar-refractivity contribution in [3.8, 4) is 0 Å². The van der Waals surface area contributed by atoms with Gasteiger partial charge in [-0.2, -0.15) is 4.98 Å². The fourth-order valence-corrected chi connectivity index (χ4v) is 2.90. The molecule has 0 aliphatic rings. The molecular weight excluding hydrogens is 302 g/mol.